The Labute approximate surface area is 123 Å². The van der Waals surface area contributed by atoms with Crippen molar-refractivity contribution in [3.05, 3.63) is 59.1 Å². The minimum Gasteiger partial charge on any atom is -0.354 e. The third kappa shape index (κ3) is 1.14. The average Bonchev–Trinajstić information content (AvgIpc) is 2.89. The van der Waals surface area contributed by atoms with E-state index in [1.54, 1.807) is 0 Å². The lowest BCUT2D eigenvalue weighted by atomic mass is 9.94. The Balaban J connectivity index is 2.32. The van der Waals surface area contributed by atoms with E-state index in [2.05, 4.69) is 75.5 Å². The van der Waals surface area contributed by atoms with Gasteiger partial charge in [-0.15, -0.1) is 0 Å². The van der Waals surface area contributed by atoms with Crippen LogP contribution >= 0.6 is 15.9 Å². The summed E-state index contributed by atoms with van der Waals surface area (Å²) < 4.78 is 1.12. The van der Waals surface area contributed by atoms with E-state index in [1.807, 2.05) is 0 Å². The molecule has 0 unspecified atom stereocenters. The van der Waals surface area contributed by atoms with Crippen LogP contribution in [0, 0.1) is 0 Å². The molecule has 20 heavy (non-hydrogen) atoms. The van der Waals surface area contributed by atoms with Gasteiger partial charge >= 0.3 is 0 Å². The lowest BCUT2D eigenvalue weighted by Crippen LogP contribution is -1.81. The summed E-state index contributed by atoms with van der Waals surface area (Å²) in [6.07, 6.45) is 0. The van der Waals surface area contributed by atoms with Crippen LogP contribution in [0.3, 0.4) is 0 Å². The van der Waals surface area contributed by atoms with Gasteiger partial charge in [0.1, 0.15) is 0 Å². The van der Waals surface area contributed by atoms with Gasteiger partial charge in [0, 0.05) is 20.8 Å². The molecule has 1 nitrogen and oxygen atoms in total. The summed E-state index contributed by atoms with van der Waals surface area (Å²) >= 11 is 3.67. The van der Waals surface area contributed by atoms with Crippen molar-refractivity contribution in [3.8, 4) is 0 Å². The van der Waals surface area contributed by atoms with Gasteiger partial charge in [-0.3, -0.25) is 0 Å². The zero-order valence-corrected chi connectivity index (χ0v) is 12.2. The molecule has 1 N–H and O–H groups in total. The minimum absolute atomic E-state index is 1.12. The average molecular weight is 320 g/mol. The standard InChI is InChI=1S/C18H10BrN/c19-14-9-8-13-11-5-2-1-4-10(11)12-6-3-7-15-16(12)17(13)18(14)20-15/h1-9,20H. The van der Waals surface area contributed by atoms with Crippen LogP contribution in [0.5, 0.6) is 0 Å². The molecule has 2 heteroatoms. The molecule has 0 fully saturated rings. The summed E-state index contributed by atoms with van der Waals surface area (Å²) in [5.74, 6) is 0. The molecule has 1 aromatic heterocycles. The topological polar surface area (TPSA) is 15.8 Å². The molecule has 94 valence electrons. The van der Waals surface area contributed by atoms with E-state index in [9.17, 15) is 0 Å². The van der Waals surface area contributed by atoms with Gasteiger partial charge in [0.25, 0.3) is 0 Å². The highest BCUT2D eigenvalue weighted by atomic mass is 79.9. The maximum absolute atomic E-state index is 3.67. The molecule has 0 aliphatic heterocycles. The van der Waals surface area contributed by atoms with Crippen molar-refractivity contribution >= 4 is 59.3 Å². The number of halogens is 1. The summed E-state index contributed by atoms with van der Waals surface area (Å²) in [7, 11) is 0. The summed E-state index contributed by atoms with van der Waals surface area (Å²) in [6.45, 7) is 0. The van der Waals surface area contributed by atoms with Crippen LogP contribution in [-0.4, -0.2) is 4.98 Å². The third-order valence-corrected chi connectivity index (χ3v) is 4.90. The molecule has 0 radical (unpaired) electrons. The molecular weight excluding hydrogens is 310 g/mol. The lowest BCUT2D eigenvalue weighted by molar-refractivity contribution is 1.54. The molecule has 0 saturated heterocycles. The second-order valence-electron chi connectivity index (χ2n) is 5.24. The summed E-state index contributed by atoms with van der Waals surface area (Å²) in [4.78, 5) is 3.56. The molecule has 5 rings (SSSR count). The van der Waals surface area contributed by atoms with E-state index in [-0.39, 0.29) is 0 Å². The highest BCUT2D eigenvalue weighted by Crippen LogP contribution is 2.42. The number of H-pyrrole nitrogens is 1. The number of hydrogen-bond acceptors (Lipinski definition) is 0. The van der Waals surface area contributed by atoms with Crippen molar-refractivity contribution in [2.75, 3.05) is 0 Å². The summed E-state index contributed by atoms with van der Waals surface area (Å²) in [5, 5.41) is 7.98. The SMILES string of the molecule is Brc1ccc2c3ccccc3c3cccc4[nH]c1c2c43. The van der Waals surface area contributed by atoms with Gasteiger partial charge in [-0.25, -0.2) is 0 Å². The van der Waals surface area contributed by atoms with Crippen LogP contribution in [0.2, 0.25) is 0 Å². The Hall–Kier alpha value is -2.06. The molecule has 5 aromatic rings. The minimum atomic E-state index is 1.12. The number of aromatic amines is 1. The van der Waals surface area contributed by atoms with Gasteiger partial charge in [-0.2, -0.15) is 0 Å². The van der Waals surface area contributed by atoms with Crippen molar-refractivity contribution in [2.24, 2.45) is 0 Å². The van der Waals surface area contributed by atoms with E-state index in [0.29, 0.717) is 0 Å². The van der Waals surface area contributed by atoms with E-state index in [1.165, 1.54) is 43.4 Å². The summed E-state index contributed by atoms with van der Waals surface area (Å²) in [5.41, 5.74) is 2.40. The zero-order valence-electron chi connectivity index (χ0n) is 10.6. The van der Waals surface area contributed by atoms with Gasteiger partial charge in [0.2, 0.25) is 0 Å². The molecule has 0 atom stereocenters. The first-order valence-corrected chi connectivity index (χ1v) is 7.46. The van der Waals surface area contributed by atoms with Crippen molar-refractivity contribution in [1.82, 2.24) is 4.98 Å². The normalized spacial score (nSPS) is 12.2. The van der Waals surface area contributed by atoms with Crippen molar-refractivity contribution in [3.63, 3.8) is 0 Å². The smallest absolute Gasteiger partial charge is 0.0615 e. The Morgan fingerprint density at radius 2 is 1.35 bits per heavy atom. The fourth-order valence-corrected chi connectivity index (χ4v) is 3.85. The quantitative estimate of drug-likeness (QED) is 0.346. The molecule has 0 bridgehead atoms. The first-order valence-electron chi connectivity index (χ1n) is 6.67. The highest BCUT2D eigenvalue weighted by Gasteiger charge is 2.15. The second kappa shape index (κ2) is 3.53. The number of rotatable bonds is 0. The third-order valence-electron chi connectivity index (χ3n) is 4.24. The molecule has 0 aliphatic rings. The predicted molar refractivity (Wildman–Crippen MR) is 89.7 cm³/mol. The lowest BCUT2D eigenvalue weighted by Gasteiger charge is -2.08. The molecule has 1 heterocycles. The number of hydrogen-bond donors (Lipinski definition) is 1. The van der Waals surface area contributed by atoms with Crippen LogP contribution in [0.15, 0.2) is 59.1 Å². The van der Waals surface area contributed by atoms with Gasteiger partial charge < -0.3 is 4.98 Å². The maximum atomic E-state index is 3.67. The fourth-order valence-electron chi connectivity index (χ4n) is 3.42. The number of nitrogens with one attached hydrogen (secondary N) is 1. The predicted octanol–water partition coefficient (Wildman–Crippen LogP) is 5.83. The van der Waals surface area contributed by atoms with Crippen LogP contribution in [-0.2, 0) is 0 Å². The van der Waals surface area contributed by atoms with Crippen molar-refractivity contribution < 1.29 is 0 Å². The summed E-state index contributed by atoms with van der Waals surface area (Å²) in [6, 6.07) is 19.5. The Morgan fingerprint density at radius 3 is 2.15 bits per heavy atom. The Bertz CT molecular complexity index is 1100. The van der Waals surface area contributed by atoms with E-state index in [4.69, 9.17) is 0 Å². The highest BCUT2D eigenvalue weighted by molar-refractivity contribution is 9.10. The second-order valence-corrected chi connectivity index (χ2v) is 6.10. The molecular formula is C18H10BrN. The molecule has 0 saturated carbocycles. The van der Waals surface area contributed by atoms with Crippen molar-refractivity contribution in [1.29, 1.82) is 0 Å². The number of fused-ring (bicyclic) bond motifs is 3. The van der Waals surface area contributed by atoms with E-state index in [0.717, 1.165) is 4.47 Å². The van der Waals surface area contributed by atoms with Gasteiger partial charge in [0.15, 0.2) is 0 Å². The molecule has 0 spiro atoms. The molecule has 0 aliphatic carbocycles. The van der Waals surface area contributed by atoms with Crippen LogP contribution < -0.4 is 0 Å². The maximum Gasteiger partial charge on any atom is 0.0615 e. The zero-order chi connectivity index (χ0) is 13.3. The largest absolute Gasteiger partial charge is 0.354 e. The molecule has 0 amide bonds. The van der Waals surface area contributed by atoms with Gasteiger partial charge in [0.05, 0.1) is 5.52 Å². The monoisotopic (exact) mass is 319 g/mol. The van der Waals surface area contributed by atoms with E-state index < -0.39 is 0 Å². The van der Waals surface area contributed by atoms with Crippen LogP contribution in [0.1, 0.15) is 0 Å². The Kier molecular flexibility index (Phi) is 1.89. The fraction of sp³-hybridized carbons (Fsp3) is 0. The Morgan fingerprint density at radius 1 is 0.650 bits per heavy atom. The first kappa shape index (κ1) is 10.7. The van der Waals surface area contributed by atoms with Crippen LogP contribution in [0.4, 0.5) is 0 Å². The number of aromatic nitrogens is 1. The van der Waals surface area contributed by atoms with Gasteiger partial charge in [-0.05, 0) is 49.6 Å². The molecule has 4 aromatic carbocycles. The number of benzene rings is 4. The van der Waals surface area contributed by atoms with Crippen LogP contribution in [0.25, 0.3) is 43.4 Å². The van der Waals surface area contributed by atoms with Crippen molar-refractivity contribution in [2.45, 2.75) is 0 Å². The van der Waals surface area contributed by atoms with E-state index >= 15 is 0 Å². The van der Waals surface area contributed by atoms with Gasteiger partial charge in [-0.1, -0.05) is 42.5 Å². The first-order chi connectivity index (χ1) is 9.84.